The van der Waals surface area contributed by atoms with Crippen LogP contribution in [0.3, 0.4) is 0 Å². The standard InChI is InChI=1S/C28H43NO3/c1-25(2,3)16-28(26(4,5)17-29-28)22-7-8-23(24(12-22)30-6)31-18-32-27-13-19-9-20(14-27)11-21(10-19)15-27/h7-8,12,19-21,29H,9-11,13-18H2,1-6H3. The molecule has 6 rings (SSSR count). The molecule has 1 heterocycles. The summed E-state index contributed by atoms with van der Waals surface area (Å²) in [6.07, 6.45) is 9.06. The van der Waals surface area contributed by atoms with Crippen LogP contribution < -0.4 is 14.8 Å². The van der Waals surface area contributed by atoms with Crippen molar-refractivity contribution in [1.82, 2.24) is 5.32 Å². The summed E-state index contributed by atoms with van der Waals surface area (Å²) >= 11 is 0. The first-order valence-corrected chi connectivity index (χ1v) is 12.7. The second-order valence-corrected chi connectivity index (χ2v) is 13.3. The van der Waals surface area contributed by atoms with Gasteiger partial charge in [-0.25, -0.2) is 0 Å². The van der Waals surface area contributed by atoms with Crippen LogP contribution in [0.4, 0.5) is 0 Å². The normalized spacial score (nSPS) is 37.2. The van der Waals surface area contributed by atoms with Crippen molar-refractivity contribution in [3.05, 3.63) is 23.8 Å². The van der Waals surface area contributed by atoms with Crippen molar-refractivity contribution in [2.24, 2.45) is 28.6 Å². The molecule has 4 saturated carbocycles. The third-order valence-electron chi connectivity index (χ3n) is 9.00. The van der Waals surface area contributed by atoms with E-state index in [-0.39, 0.29) is 22.0 Å². The molecule has 5 aliphatic rings. The van der Waals surface area contributed by atoms with Gasteiger partial charge in [0.1, 0.15) is 0 Å². The molecule has 0 spiro atoms. The lowest BCUT2D eigenvalue weighted by Crippen LogP contribution is -2.69. The molecule has 1 N–H and O–H groups in total. The lowest BCUT2D eigenvalue weighted by molar-refractivity contribution is -0.190. The van der Waals surface area contributed by atoms with Crippen LogP contribution in [0.15, 0.2) is 18.2 Å². The minimum atomic E-state index is -0.0489. The largest absolute Gasteiger partial charge is 0.493 e. The average Bonchev–Trinajstić information content (AvgIpc) is 2.69. The maximum absolute atomic E-state index is 6.48. The fourth-order valence-corrected chi connectivity index (χ4v) is 7.83. The molecule has 4 aliphatic carbocycles. The number of hydrogen-bond donors (Lipinski definition) is 1. The van der Waals surface area contributed by atoms with E-state index in [1.54, 1.807) is 7.11 Å². The Hall–Kier alpha value is -1.26. The van der Waals surface area contributed by atoms with Gasteiger partial charge in [-0.1, -0.05) is 40.7 Å². The SMILES string of the molecule is COc1cc(C2(CC(C)(C)C)NCC2(C)C)ccc1OCOC12CC3CC(CC(C3)C1)C2. The van der Waals surface area contributed by atoms with E-state index in [0.717, 1.165) is 42.2 Å². The first kappa shape index (κ1) is 22.5. The third-order valence-corrected chi connectivity index (χ3v) is 9.00. The van der Waals surface area contributed by atoms with Gasteiger partial charge in [0.15, 0.2) is 18.3 Å². The van der Waals surface area contributed by atoms with Gasteiger partial charge in [0.2, 0.25) is 0 Å². The lowest BCUT2D eigenvalue weighted by atomic mass is 9.54. The highest BCUT2D eigenvalue weighted by molar-refractivity contribution is 5.47. The van der Waals surface area contributed by atoms with E-state index in [1.165, 1.54) is 44.1 Å². The highest BCUT2D eigenvalue weighted by atomic mass is 16.7. The monoisotopic (exact) mass is 441 g/mol. The van der Waals surface area contributed by atoms with Gasteiger partial charge >= 0.3 is 0 Å². The van der Waals surface area contributed by atoms with Crippen molar-refractivity contribution in [1.29, 1.82) is 0 Å². The second kappa shape index (κ2) is 7.63. The second-order valence-electron chi connectivity index (χ2n) is 13.3. The Balaban J connectivity index is 1.30. The number of nitrogens with one attached hydrogen (secondary N) is 1. The van der Waals surface area contributed by atoms with E-state index in [9.17, 15) is 0 Å². The quantitative estimate of drug-likeness (QED) is 0.506. The zero-order chi connectivity index (χ0) is 22.8. The van der Waals surface area contributed by atoms with Gasteiger partial charge in [-0.3, -0.25) is 0 Å². The van der Waals surface area contributed by atoms with Crippen LogP contribution in [0.1, 0.15) is 85.1 Å². The van der Waals surface area contributed by atoms with Gasteiger partial charge in [-0.2, -0.15) is 0 Å². The highest BCUT2D eigenvalue weighted by Gasteiger charge is 2.55. The average molecular weight is 442 g/mol. The van der Waals surface area contributed by atoms with E-state index in [2.05, 4.69) is 58.1 Å². The van der Waals surface area contributed by atoms with Crippen molar-refractivity contribution in [2.45, 2.75) is 90.7 Å². The fraction of sp³-hybridized carbons (Fsp3) is 0.786. The van der Waals surface area contributed by atoms with Crippen molar-refractivity contribution >= 4 is 0 Å². The van der Waals surface area contributed by atoms with Crippen LogP contribution >= 0.6 is 0 Å². The Labute approximate surface area is 194 Å². The number of benzene rings is 1. The van der Waals surface area contributed by atoms with Crippen molar-refractivity contribution in [3.63, 3.8) is 0 Å². The molecule has 1 aromatic carbocycles. The summed E-state index contributed by atoms with van der Waals surface area (Å²) in [5.74, 6) is 4.23. The molecule has 1 unspecified atom stereocenters. The Morgan fingerprint density at radius 3 is 2.06 bits per heavy atom. The van der Waals surface area contributed by atoms with E-state index in [4.69, 9.17) is 14.2 Å². The summed E-state index contributed by atoms with van der Waals surface area (Å²) in [6.45, 7) is 13.0. The molecule has 4 bridgehead atoms. The van der Waals surface area contributed by atoms with Gasteiger partial charge in [0.05, 0.1) is 18.2 Å². The molecule has 1 atom stereocenters. The van der Waals surface area contributed by atoms with Crippen molar-refractivity contribution in [3.8, 4) is 11.5 Å². The van der Waals surface area contributed by atoms with E-state index < -0.39 is 0 Å². The van der Waals surface area contributed by atoms with E-state index in [0.29, 0.717) is 6.79 Å². The van der Waals surface area contributed by atoms with E-state index >= 15 is 0 Å². The number of rotatable bonds is 7. The maximum Gasteiger partial charge on any atom is 0.189 e. The first-order valence-electron chi connectivity index (χ1n) is 12.7. The number of methoxy groups -OCH3 is 1. The number of ether oxygens (including phenoxy) is 3. The Kier molecular flexibility index (Phi) is 5.37. The molecule has 1 aliphatic heterocycles. The molecular weight excluding hydrogens is 398 g/mol. The predicted molar refractivity (Wildman–Crippen MR) is 128 cm³/mol. The van der Waals surface area contributed by atoms with Crippen LogP contribution in [-0.4, -0.2) is 26.0 Å². The number of hydrogen-bond acceptors (Lipinski definition) is 4. The highest BCUT2D eigenvalue weighted by Crippen LogP contribution is 2.57. The van der Waals surface area contributed by atoms with Crippen LogP contribution in [0.2, 0.25) is 0 Å². The van der Waals surface area contributed by atoms with Crippen LogP contribution in [-0.2, 0) is 10.3 Å². The summed E-state index contributed by atoms with van der Waals surface area (Å²) in [4.78, 5) is 0. The zero-order valence-electron chi connectivity index (χ0n) is 21.1. The summed E-state index contributed by atoms with van der Waals surface area (Å²) in [5, 5.41) is 3.79. The smallest absolute Gasteiger partial charge is 0.189 e. The Bertz CT molecular complexity index is 819. The first-order chi connectivity index (χ1) is 15.0. The molecule has 5 fully saturated rings. The van der Waals surface area contributed by atoms with Crippen LogP contribution in [0.5, 0.6) is 11.5 Å². The Morgan fingerprint density at radius 1 is 0.969 bits per heavy atom. The molecule has 178 valence electrons. The van der Waals surface area contributed by atoms with Gasteiger partial charge < -0.3 is 19.5 Å². The van der Waals surface area contributed by atoms with Crippen molar-refractivity contribution < 1.29 is 14.2 Å². The van der Waals surface area contributed by atoms with Gasteiger partial charge in [0.25, 0.3) is 0 Å². The minimum Gasteiger partial charge on any atom is -0.493 e. The molecule has 0 amide bonds. The van der Waals surface area contributed by atoms with Gasteiger partial charge in [-0.05, 0) is 91.2 Å². The zero-order valence-corrected chi connectivity index (χ0v) is 21.1. The van der Waals surface area contributed by atoms with Gasteiger partial charge in [0, 0.05) is 6.54 Å². The molecule has 1 saturated heterocycles. The maximum atomic E-state index is 6.48. The summed E-state index contributed by atoms with van der Waals surface area (Å²) in [7, 11) is 1.74. The molecule has 0 aromatic heterocycles. The van der Waals surface area contributed by atoms with E-state index in [1.807, 2.05) is 0 Å². The van der Waals surface area contributed by atoms with Crippen LogP contribution in [0.25, 0.3) is 0 Å². The molecule has 1 aromatic rings. The lowest BCUT2D eigenvalue weighted by Gasteiger charge is -2.60. The topological polar surface area (TPSA) is 39.7 Å². The molecule has 4 nitrogen and oxygen atoms in total. The molecule has 0 radical (unpaired) electrons. The van der Waals surface area contributed by atoms with Crippen molar-refractivity contribution in [2.75, 3.05) is 20.4 Å². The molecule has 4 heteroatoms. The summed E-state index contributed by atoms with van der Waals surface area (Å²) in [5.41, 5.74) is 1.72. The van der Waals surface area contributed by atoms with Gasteiger partial charge in [-0.15, -0.1) is 0 Å². The Morgan fingerprint density at radius 2 is 1.59 bits per heavy atom. The summed E-state index contributed by atoms with van der Waals surface area (Å²) < 4.78 is 18.4. The third kappa shape index (κ3) is 3.86. The predicted octanol–water partition coefficient (Wildman–Crippen LogP) is 6.28. The minimum absolute atomic E-state index is 0.0489. The van der Waals surface area contributed by atoms with Crippen LogP contribution in [0, 0.1) is 28.6 Å². The molecule has 32 heavy (non-hydrogen) atoms. The fourth-order valence-electron chi connectivity index (χ4n) is 7.83. The molecular formula is C28H43NO3. The summed E-state index contributed by atoms with van der Waals surface area (Å²) in [6, 6.07) is 6.49.